The van der Waals surface area contributed by atoms with Gasteiger partial charge >= 0.3 is 5.97 Å². The van der Waals surface area contributed by atoms with E-state index in [4.69, 9.17) is 4.74 Å². The van der Waals surface area contributed by atoms with E-state index in [-0.39, 0.29) is 17.7 Å². The summed E-state index contributed by atoms with van der Waals surface area (Å²) in [4.78, 5) is 30.8. The maximum Gasteiger partial charge on any atom is 0.339 e. The topological polar surface area (TPSA) is 72.0 Å². The SMILES string of the molecule is CCOC(=O)c1cnc2c(c1)c(=O)[nH]c1ccccc12. The number of hydrogen-bond donors (Lipinski definition) is 1. The molecule has 0 radical (unpaired) electrons. The van der Waals surface area contributed by atoms with Gasteiger partial charge in [0.15, 0.2) is 0 Å². The first kappa shape index (κ1) is 12.3. The predicted octanol–water partition coefficient (Wildman–Crippen LogP) is 2.25. The smallest absolute Gasteiger partial charge is 0.339 e. The van der Waals surface area contributed by atoms with Gasteiger partial charge in [-0.1, -0.05) is 18.2 Å². The number of para-hydroxylation sites is 1. The highest BCUT2D eigenvalue weighted by Gasteiger charge is 2.11. The van der Waals surface area contributed by atoms with E-state index in [1.807, 2.05) is 24.3 Å². The normalized spacial score (nSPS) is 10.8. The summed E-state index contributed by atoms with van der Waals surface area (Å²) in [5, 5.41) is 1.23. The molecule has 0 unspecified atom stereocenters. The first-order valence-electron chi connectivity index (χ1n) is 6.28. The number of nitrogens with zero attached hydrogens (tertiary/aromatic N) is 1. The average molecular weight is 268 g/mol. The van der Waals surface area contributed by atoms with Crippen LogP contribution in [0, 0.1) is 0 Å². The molecule has 0 aliphatic carbocycles. The number of pyridine rings is 2. The molecule has 0 fully saturated rings. The minimum atomic E-state index is -0.477. The lowest BCUT2D eigenvalue weighted by Crippen LogP contribution is -2.10. The van der Waals surface area contributed by atoms with Crippen molar-refractivity contribution in [3.8, 4) is 0 Å². The summed E-state index contributed by atoms with van der Waals surface area (Å²) < 4.78 is 4.91. The number of ether oxygens (including phenoxy) is 1. The van der Waals surface area contributed by atoms with Crippen LogP contribution >= 0.6 is 0 Å². The Balaban J connectivity index is 2.30. The van der Waals surface area contributed by atoms with Crippen molar-refractivity contribution in [2.45, 2.75) is 6.92 Å². The molecule has 5 heteroatoms. The van der Waals surface area contributed by atoms with Crippen LogP contribution < -0.4 is 5.56 Å². The van der Waals surface area contributed by atoms with Crippen molar-refractivity contribution in [3.63, 3.8) is 0 Å². The number of aromatic nitrogens is 2. The highest BCUT2D eigenvalue weighted by atomic mass is 16.5. The maximum atomic E-state index is 12.1. The lowest BCUT2D eigenvalue weighted by Gasteiger charge is -2.05. The third kappa shape index (κ3) is 1.93. The third-order valence-corrected chi connectivity index (χ3v) is 3.07. The summed E-state index contributed by atoms with van der Waals surface area (Å²) in [6.07, 6.45) is 1.44. The van der Waals surface area contributed by atoms with Crippen LogP contribution in [0.2, 0.25) is 0 Å². The molecule has 0 bridgehead atoms. The third-order valence-electron chi connectivity index (χ3n) is 3.07. The van der Waals surface area contributed by atoms with Crippen molar-refractivity contribution in [3.05, 3.63) is 52.4 Å². The standard InChI is InChI=1S/C15H12N2O3/c1-2-20-15(19)9-7-11-13(16-8-9)10-5-3-4-6-12(10)17-14(11)18/h3-8H,2H2,1H3,(H,17,18). The fraction of sp³-hybridized carbons (Fsp3) is 0.133. The molecule has 0 aliphatic rings. The van der Waals surface area contributed by atoms with Crippen molar-refractivity contribution in [1.82, 2.24) is 9.97 Å². The average Bonchev–Trinajstić information content (AvgIpc) is 2.47. The van der Waals surface area contributed by atoms with Gasteiger partial charge < -0.3 is 9.72 Å². The highest BCUT2D eigenvalue weighted by molar-refractivity contribution is 6.04. The second-order valence-electron chi connectivity index (χ2n) is 4.34. The van der Waals surface area contributed by atoms with Gasteiger partial charge in [-0.3, -0.25) is 9.78 Å². The number of fused-ring (bicyclic) bond motifs is 3. The van der Waals surface area contributed by atoms with Crippen LogP contribution in [0.1, 0.15) is 17.3 Å². The summed E-state index contributed by atoms with van der Waals surface area (Å²) in [5.41, 5.74) is 1.32. The molecule has 0 saturated heterocycles. The molecule has 3 rings (SSSR count). The van der Waals surface area contributed by atoms with E-state index in [9.17, 15) is 9.59 Å². The van der Waals surface area contributed by atoms with Crippen molar-refractivity contribution >= 4 is 27.8 Å². The number of benzene rings is 1. The van der Waals surface area contributed by atoms with Gasteiger partial charge in [0.25, 0.3) is 5.56 Å². The van der Waals surface area contributed by atoms with Gasteiger partial charge in [0, 0.05) is 11.6 Å². The monoisotopic (exact) mass is 268 g/mol. The molecule has 20 heavy (non-hydrogen) atoms. The fourth-order valence-corrected chi connectivity index (χ4v) is 2.17. The zero-order chi connectivity index (χ0) is 14.1. The predicted molar refractivity (Wildman–Crippen MR) is 75.8 cm³/mol. The molecule has 0 atom stereocenters. The summed E-state index contributed by atoms with van der Waals surface area (Å²) in [6.45, 7) is 2.01. The van der Waals surface area contributed by atoms with E-state index in [2.05, 4.69) is 9.97 Å². The molecular weight excluding hydrogens is 256 g/mol. The zero-order valence-corrected chi connectivity index (χ0v) is 10.8. The Labute approximate surface area is 114 Å². The number of carbonyl (C=O) groups is 1. The quantitative estimate of drug-likeness (QED) is 0.571. The fourth-order valence-electron chi connectivity index (χ4n) is 2.17. The van der Waals surface area contributed by atoms with E-state index >= 15 is 0 Å². The number of H-pyrrole nitrogens is 1. The molecule has 2 aromatic heterocycles. The lowest BCUT2D eigenvalue weighted by molar-refractivity contribution is 0.0526. The lowest BCUT2D eigenvalue weighted by atomic mass is 10.1. The van der Waals surface area contributed by atoms with Crippen LogP contribution in [0.5, 0.6) is 0 Å². The van der Waals surface area contributed by atoms with E-state index in [0.717, 1.165) is 10.9 Å². The molecule has 1 N–H and O–H groups in total. The molecular formula is C15H12N2O3. The number of rotatable bonds is 2. The van der Waals surface area contributed by atoms with Crippen molar-refractivity contribution in [2.24, 2.45) is 0 Å². The van der Waals surface area contributed by atoms with Gasteiger partial charge in [0.05, 0.1) is 28.6 Å². The molecule has 100 valence electrons. The van der Waals surface area contributed by atoms with E-state index in [1.54, 1.807) is 6.92 Å². The number of esters is 1. The molecule has 0 aliphatic heterocycles. The van der Waals surface area contributed by atoms with Crippen LogP contribution in [0.25, 0.3) is 21.8 Å². The molecule has 5 nitrogen and oxygen atoms in total. The second-order valence-corrected chi connectivity index (χ2v) is 4.34. The Kier molecular flexibility index (Phi) is 2.95. The highest BCUT2D eigenvalue weighted by Crippen LogP contribution is 2.19. The van der Waals surface area contributed by atoms with Gasteiger partial charge in [0.2, 0.25) is 0 Å². The molecule has 2 heterocycles. The first-order valence-corrected chi connectivity index (χ1v) is 6.28. The number of nitrogens with one attached hydrogen (secondary N) is 1. The molecule has 1 aromatic carbocycles. The Morgan fingerprint density at radius 3 is 2.90 bits per heavy atom. The van der Waals surface area contributed by atoms with Gasteiger partial charge in [-0.25, -0.2) is 4.79 Å². The van der Waals surface area contributed by atoms with Crippen LogP contribution in [0.3, 0.4) is 0 Å². The summed E-state index contributed by atoms with van der Waals surface area (Å²) in [5.74, 6) is -0.477. The van der Waals surface area contributed by atoms with Gasteiger partial charge in [0.1, 0.15) is 0 Å². The van der Waals surface area contributed by atoms with Gasteiger partial charge in [-0.2, -0.15) is 0 Å². The zero-order valence-electron chi connectivity index (χ0n) is 10.8. The minimum absolute atomic E-state index is 0.266. The van der Waals surface area contributed by atoms with Crippen molar-refractivity contribution < 1.29 is 9.53 Å². The Hall–Kier alpha value is -2.69. The van der Waals surface area contributed by atoms with E-state index in [0.29, 0.717) is 10.9 Å². The first-order chi connectivity index (χ1) is 9.70. The second kappa shape index (κ2) is 4.77. The van der Waals surface area contributed by atoms with Crippen molar-refractivity contribution in [2.75, 3.05) is 6.61 Å². The van der Waals surface area contributed by atoms with Crippen LogP contribution in [-0.4, -0.2) is 22.5 Å². The largest absolute Gasteiger partial charge is 0.462 e. The summed E-state index contributed by atoms with van der Waals surface area (Å²) in [6, 6.07) is 8.94. The van der Waals surface area contributed by atoms with Gasteiger partial charge in [-0.15, -0.1) is 0 Å². The molecule has 3 aromatic rings. The maximum absolute atomic E-state index is 12.1. The number of carbonyl (C=O) groups excluding carboxylic acids is 1. The summed E-state index contributed by atoms with van der Waals surface area (Å²) in [7, 11) is 0. The van der Waals surface area contributed by atoms with Crippen LogP contribution in [-0.2, 0) is 4.74 Å². The summed E-state index contributed by atoms with van der Waals surface area (Å²) >= 11 is 0. The van der Waals surface area contributed by atoms with Gasteiger partial charge in [-0.05, 0) is 19.1 Å². The van der Waals surface area contributed by atoms with E-state index in [1.165, 1.54) is 12.3 Å². The number of hydrogen-bond acceptors (Lipinski definition) is 4. The van der Waals surface area contributed by atoms with Crippen molar-refractivity contribution in [1.29, 1.82) is 0 Å². The van der Waals surface area contributed by atoms with Crippen LogP contribution in [0.4, 0.5) is 0 Å². The molecule has 0 spiro atoms. The molecule has 0 saturated carbocycles. The van der Waals surface area contributed by atoms with Crippen LogP contribution in [0.15, 0.2) is 41.3 Å². The number of aromatic amines is 1. The minimum Gasteiger partial charge on any atom is -0.462 e. The van der Waals surface area contributed by atoms with E-state index < -0.39 is 5.97 Å². The Morgan fingerprint density at radius 1 is 1.30 bits per heavy atom. The molecule has 0 amide bonds. The Bertz CT molecular complexity index is 868. The Morgan fingerprint density at radius 2 is 2.10 bits per heavy atom.